The van der Waals surface area contributed by atoms with Gasteiger partial charge in [-0.15, -0.1) is 0 Å². The lowest BCUT2D eigenvalue weighted by atomic mass is 10.1. The fourth-order valence-corrected chi connectivity index (χ4v) is 1.92. The molecule has 0 aliphatic rings. The van der Waals surface area contributed by atoms with E-state index in [-0.39, 0.29) is 21.0 Å². The molecule has 0 fully saturated rings. The summed E-state index contributed by atoms with van der Waals surface area (Å²) in [5, 5.41) is 9.49. The number of nitrogens with zero attached hydrogens (tertiary/aromatic N) is 2. The van der Waals surface area contributed by atoms with Crippen LogP contribution >= 0.6 is 23.2 Å². The molecule has 15 heavy (non-hydrogen) atoms. The van der Waals surface area contributed by atoms with E-state index in [1.807, 2.05) is 6.07 Å². The summed E-state index contributed by atoms with van der Waals surface area (Å²) in [5.74, 6) is -0.610. The third-order valence-electron chi connectivity index (χ3n) is 2.00. The number of nitriles is 1. The summed E-state index contributed by atoms with van der Waals surface area (Å²) >= 11 is 11.5. The number of benzene rings is 1. The lowest BCUT2D eigenvalue weighted by Crippen LogP contribution is -1.88. The average Bonchev–Trinajstić information content (AvgIpc) is 2.25. The molecule has 1 aromatic heterocycles. The van der Waals surface area contributed by atoms with Gasteiger partial charge in [0.25, 0.3) is 0 Å². The first-order chi connectivity index (χ1) is 7.15. The first-order valence-corrected chi connectivity index (χ1v) is 4.72. The summed E-state index contributed by atoms with van der Waals surface area (Å²) in [7, 11) is 0. The van der Waals surface area contributed by atoms with Crippen molar-refractivity contribution in [3.63, 3.8) is 0 Å². The topological polar surface area (TPSA) is 36.7 Å². The summed E-state index contributed by atoms with van der Waals surface area (Å²) in [6.07, 6.45) is 2.63. The van der Waals surface area contributed by atoms with E-state index in [1.165, 1.54) is 18.5 Å². The molecule has 0 saturated carbocycles. The van der Waals surface area contributed by atoms with Crippen LogP contribution in [-0.4, -0.2) is 4.98 Å². The highest BCUT2D eigenvalue weighted by atomic mass is 35.5. The van der Waals surface area contributed by atoms with E-state index < -0.39 is 5.82 Å². The maximum Gasteiger partial charge on any atom is 0.151 e. The van der Waals surface area contributed by atoms with Crippen LogP contribution in [0.4, 0.5) is 4.39 Å². The molecule has 2 nitrogen and oxygen atoms in total. The molecule has 0 bridgehead atoms. The van der Waals surface area contributed by atoms with Crippen LogP contribution in [0.3, 0.4) is 0 Å². The second kappa shape index (κ2) is 3.65. The molecule has 2 rings (SSSR count). The van der Waals surface area contributed by atoms with Gasteiger partial charge in [-0.1, -0.05) is 23.2 Å². The van der Waals surface area contributed by atoms with Crippen LogP contribution in [-0.2, 0) is 0 Å². The Kier molecular flexibility index (Phi) is 2.47. The van der Waals surface area contributed by atoms with Crippen LogP contribution in [0.15, 0.2) is 18.5 Å². The van der Waals surface area contributed by atoms with Crippen molar-refractivity contribution >= 4 is 34.0 Å². The minimum Gasteiger partial charge on any atom is -0.263 e. The van der Waals surface area contributed by atoms with E-state index in [1.54, 1.807) is 0 Å². The Labute approximate surface area is 94.9 Å². The molecule has 1 heterocycles. The summed E-state index contributed by atoms with van der Waals surface area (Å²) in [6, 6.07) is 3.18. The molecular weight excluding hydrogens is 238 g/mol. The molecule has 0 unspecified atom stereocenters. The van der Waals surface area contributed by atoms with E-state index in [0.717, 1.165) is 0 Å². The zero-order chi connectivity index (χ0) is 11.0. The van der Waals surface area contributed by atoms with Crippen LogP contribution in [0.5, 0.6) is 0 Å². The molecule has 0 amide bonds. The smallest absolute Gasteiger partial charge is 0.151 e. The van der Waals surface area contributed by atoms with E-state index >= 15 is 0 Å². The van der Waals surface area contributed by atoms with E-state index in [2.05, 4.69) is 4.98 Å². The van der Waals surface area contributed by atoms with Gasteiger partial charge in [-0.25, -0.2) is 4.39 Å². The highest BCUT2D eigenvalue weighted by Crippen LogP contribution is 2.32. The Morgan fingerprint density at radius 2 is 2.00 bits per heavy atom. The zero-order valence-corrected chi connectivity index (χ0v) is 8.77. The van der Waals surface area contributed by atoms with Crippen molar-refractivity contribution in [1.82, 2.24) is 4.98 Å². The number of hydrogen-bond donors (Lipinski definition) is 0. The highest BCUT2D eigenvalue weighted by molar-refractivity contribution is 6.39. The zero-order valence-electron chi connectivity index (χ0n) is 7.26. The maximum atomic E-state index is 13.6. The molecule has 0 N–H and O–H groups in total. The van der Waals surface area contributed by atoms with Crippen molar-refractivity contribution in [3.05, 3.63) is 39.9 Å². The van der Waals surface area contributed by atoms with Crippen molar-refractivity contribution in [3.8, 4) is 6.07 Å². The van der Waals surface area contributed by atoms with Crippen LogP contribution in [0.1, 0.15) is 5.56 Å². The van der Waals surface area contributed by atoms with E-state index in [9.17, 15) is 4.39 Å². The molecule has 0 aliphatic carbocycles. The second-order valence-corrected chi connectivity index (χ2v) is 3.69. The molecule has 5 heteroatoms. The van der Waals surface area contributed by atoms with Gasteiger partial charge < -0.3 is 0 Å². The third kappa shape index (κ3) is 1.52. The molecule has 74 valence electrons. The van der Waals surface area contributed by atoms with Crippen LogP contribution in [0.25, 0.3) is 10.8 Å². The van der Waals surface area contributed by atoms with Crippen LogP contribution in [0, 0.1) is 17.1 Å². The molecule has 2 aromatic rings. The highest BCUT2D eigenvalue weighted by Gasteiger charge is 2.13. The quantitative estimate of drug-likeness (QED) is 0.661. The number of rotatable bonds is 0. The predicted octanol–water partition coefficient (Wildman–Crippen LogP) is 3.55. The van der Waals surface area contributed by atoms with Gasteiger partial charge in [0, 0.05) is 23.2 Å². The first-order valence-electron chi connectivity index (χ1n) is 3.96. The van der Waals surface area contributed by atoms with Crippen molar-refractivity contribution in [2.45, 2.75) is 0 Å². The second-order valence-electron chi connectivity index (χ2n) is 2.88. The minimum absolute atomic E-state index is 0.0793. The van der Waals surface area contributed by atoms with Crippen molar-refractivity contribution in [1.29, 1.82) is 5.26 Å². The van der Waals surface area contributed by atoms with Crippen molar-refractivity contribution in [2.24, 2.45) is 0 Å². The molecule has 0 aliphatic heterocycles. The van der Waals surface area contributed by atoms with Gasteiger partial charge in [-0.3, -0.25) is 4.98 Å². The Bertz CT molecular complexity index is 590. The number of fused-ring (bicyclic) bond motifs is 1. The van der Waals surface area contributed by atoms with Gasteiger partial charge >= 0.3 is 0 Å². The standard InChI is InChI=1S/C10H3Cl2FN2/c11-7-1-8(12)10(13)6-4-15-3-5(2-14)9(6)7/h1,3-4H. The summed E-state index contributed by atoms with van der Waals surface area (Å²) in [4.78, 5) is 3.75. The Hall–Kier alpha value is -1.37. The lowest BCUT2D eigenvalue weighted by Gasteiger charge is -2.04. The van der Waals surface area contributed by atoms with Gasteiger partial charge in [-0.05, 0) is 6.07 Å². The molecule has 0 spiro atoms. The average molecular weight is 241 g/mol. The molecule has 0 atom stereocenters. The summed E-state index contributed by atoms with van der Waals surface area (Å²) < 4.78 is 13.6. The first kappa shape index (κ1) is 10.2. The number of hydrogen-bond acceptors (Lipinski definition) is 2. The predicted molar refractivity (Wildman–Crippen MR) is 56.4 cm³/mol. The van der Waals surface area contributed by atoms with Gasteiger partial charge in [0.15, 0.2) is 5.82 Å². The summed E-state index contributed by atoms with van der Waals surface area (Å²) in [6.45, 7) is 0. The monoisotopic (exact) mass is 240 g/mol. The Balaban J connectivity index is 3.03. The van der Waals surface area contributed by atoms with Gasteiger partial charge in [0.2, 0.25) is 0 Å². The van der Waals surface area contributed by atoms with E-state index in [0.29, 0.717) is 5.39 Å². The van der Waals surface area contributed by atoms with E-state index in [4.69, 9.17) is 28.5 Å². The number of aromatic nitrogens is 1. The third-order valence-corrected chi connectivity index (χ3v) is 2.58. The van der Waals surface area contributed by atoms with Crippen molar-refractivity contribution < 1.29 is 4.39 Å². The Morgan fingerprint density at radius 3 is 2.67 bits per heavy atom. The molecule has 0 saturated heterocycles. The Morgan fingerprint density at radius 1 is 1.27 bits per heavy atom. The normalized spacial score (nSPS) is 10.3. The van der Waals surface area contributed by atoms with Crippen LogP contribution < -0.4 is 0 Å². The van der Waals surface area contributed by atoms with Crippen molar-refractivity contribution in [2.75, 3.05) is 0 Å². The lowest BCUT2D eigenvalue weighted by molar-refractivity contribution is 0.640. The molecule has 0 radical (unpaired) electrons. The maximum absolute atomic E-state index is 13.6. The molecular formula is C10H3Cl2FN2. The minimum atomic E-state index is -0.610. The number of halogens is 3. The fourth-order valence-electron chi connectivity index (χ4n) is 1.34. The van der Waals surface area contributed by atoms with Gasteiger partial charge in [0.05, 0.1) is 15.6 Å². The van der Waals surface area contributed by atoms with Gasteiger partial charge in [-0.2, -0.15) is 5.26 Å². The molecule has 1 aromatic carbocycles. The van der Waals surface area contributed by atoms with Gasteiger partial charge in [0.1, 0.15) is 6.07 Å². The number of pyridine rings is 1. The van der Waals surface area contributed by atoms with Crippen LogP contribution in [0.2, 0.25) is 10.0 Å². The summed E-state index contributed by atoms with van der Waals surface area (Å²) in [5.41, 5.74) is 0.230. The largest absolute Gasteiger partial charge is 0.263 e. The SMILES string of the molecule is N#Cc1cncc2c(F)c(Cl)cc(Cl)c12. The fraction of sp³-hybridized carbons (Fsp3) is 0.